The van der Waals surface area contributed by atoms with E-state index in [0.717, 1.165) is 16.8 Å². The number of rotatable bonds is 5. The topological polar surface area (TPSA) is 68.3 Å². The van der Waals surface area contributed by atoms with Crippen LogP contribution in [-0.2, 0) is 9.53 Å². The molecule has 0 fully saturated rings. The van der Waals surface area contributed by atoms with E-state index in [1.807, 2.05) is 31.2 Å². The van der Waals surface area contributed by atoms with Crippen LogP contribution in [-0.4, -0.2) is 23.5 Å². The third-order valence-electron chi connectivity index (χ3n) is 4.39. The Balaban J connectivity index is 1.70. The van der Waals surface area contributed by atoms with E-state index in [0.29, 0.717) is 16.5 Å². The maximum Gasteiger partial charge on any atom is 0.339 e. The van der Waals surface area contributed by atoms with Gasteiger partial charge < -0.3 is 10.1 Å². The second kappa shape index (κ2) is 7.99. The van der Waals surface area contributed by atoms with Gasteiger partial charge in [-0.3, -0.25) is 9.78 Å². The fourth-order valence-electron chi connectivity index (χ4n) is 3.01. The highest BCUT2D eigenvalue weighted by atomic mass is 16.5. The van der Waals surface area contributed by atoms with Crippen molar-refractivity contribution in [1.29, 1.82) is 0 Å². The van der Waals surface area contributed by atoms with Gasteiger partial charge in [-0.2, -0.15) is 0 Å². The molecule has 1 amide bonds. The molecule has 5 heteroatoms. The fraction of sp³-hybridized carbons (Fsp3) is 0.227. The SMILES string of the molecule is Cc1cccc(C(C)C)c1NC(=O)COC(=O)c1cccc2ncccc12. The first-order chi connectivity index (χ1) is 13.0. The first-order valence-electron chi connectivity index (χ1n) is 8.87. The number of carbonyl (C=O) groups is 2. The normalized spacial score (nSPS) is 10.8. The minimum Gasteiger partial charge on any atom is -0.452 e. The van der Waals surface area contributed by atoms with Crippen molar-refractivity contribution in [2.75, 3.05) is 11.9 Å². The van der Waals surface area contributed by atoms with Crippen LogP contribution in [0.5, 0.6) is 0 Å². The van der Waals surface area contributed by atoms with E-state index in [2.05, 4.69) is 24.1 Å². The lowest BCUT2D eigenvalue weighted by molar-refractivity contribution is -0.119. The van der Waals surface area contributed by atoms with Crippen LogP contribution in [0.2, 0.25) is 0 Å². The standard InChI is InChI=1S/C22H22N2O3/c1-14(2)16-8-4-7-15(3)21(16)24-20(25)13-27-22(26)18-9-5-11-19-17(18)10-6-12-23-19/h4-12,14H,13H2,1-3H3,(H,24,25). The van der Waals surface area contributed by atoms with Gasteiger partial charge in [-0.25, -0.2) is 4.79 Å². The van der Waals surface area contributed by atoms with Crippen LogP contribution < -0.4 is 5.32 Å². The lowest BCUT2D eigenvalue weighted by Gasteiger charge is -2.16. The van der Waals surface area contributed by atoms with Crippen LogP contribution in [0, 0.1) is 6.92 Å². The van der Waals surface area contributed by atoms with Crippen molar-refractivity contribution in [1.82, 2.24) is 4.98 Å². The number of aromatic nitrogens is 1. The molecule has 0 saturated carbocycles. The van der Waals surface area contributed by atoms with Crippen molar-refractivity contribution in [3.8, 4) is 0 Å². The molecule has 0 aliphatic carbocycles. The Bertz CT molecular complexity index is 991. The number of ether oxygens (including phenoxy) is 1. The molecule has 0 atom stereocenters. The van der Waals surface area contributed by atoms with Crippen LogP contribution in [0.25, 0.3) is 10.9 Å². The number of hydrogen-bond acceptors (Lipinski definition) is 4. The Morgan fingerprint density at radius 3 is 2.63 bits per heavy atom. The zero-order valence-corrected chi connectivity index (χ0v) is 15.7. The van der Waals surface area contributed by atoms with Crippen molar-refractivity contribution in [2.24, 2.45) is 0 Å². The largest absolute Gasteiger partial charge is 0.452 e. The molecule has 0 spiro atoms. The lowest BCUT2D eigenvalue weighted by atomic mass is 9.98. The zero-order valence-electron chi connectivity index (χ0n) is 15.7. The van der Waals surface area contributed by atoms with Gasteiger partial charge in [-0.05, 0) is 42.2 Å². The van der Waals surface area contributed by atoms with Gasteiger partial charge in [-0.15, -0.1) is 0 Å². The van der Waals surface area contributed by atoms with Crippen molar-refractivity contribution < 1.29 is 14.3 Å². The molecule has 2 aromatic carbocycles. The van der Waals surface area contributed by atoms with E-state index in [4.69, 9.17) is 4.74 Å². The highest BCUT2D eigenvalue weighted by molar-refractivity contribution is 6.04. The molecule has 1 N–H and O–H groups in total. The summed E-state index contributed by atoms with van der Waals surface area (Å²) < 4.78 is 5.23. The minimum absolute atomic E-state index is 0.269. The van der Waals surface area contributed by atoms with Gasteiger partial charge in [0.1, 0.15) is 0 Å². The predicted octanol–water partition coefficient (Wildman–Crippen LogP) is 4.46. The lowest BCUT2D eigenvalue weighted by Crippen LogP contribution is -2.22. The summed E-state index contributed by atoms with van der Waals surface area (Å²) in [4.78, 5) is 29.0. The molecule has 3 aromatic rings. The molecule has 1 heterocycles. The molecule has 5 nitrogen and oxygen atoms in total. The van der Waals surface area contributed by atoms with Gasteiger partial charge in [0.25, 0.3) is 5.91 Å². The van der Waals surface area contributed by atoms with Gasteiger partial charge in [0.05, 0.1) is 11.1 Å². The third kappa shape index (κ3) is 4.14. The average molecular weight is 362 g/mol. The Morgan fingerprint density at radius 2 is 1.85 bits per heavy atom. The predicted molar refractivity (Wildman–Crippen MR) is 106 cm³/mol. The number of aryl methyl sites for hydroxylation is 1. The van der Waals surface area contributed by atoms with Crippen LogP contribution in [0.3, 0.4) is 0 Å². The number of para-hydroxylation sites is 1. The molecular formula is C22H22N2O3. The maximum absolute atomic E-state index is 12.4. The summed E-state index contributed by atoms with van der Waals surface area (Å²) in [6.07, 6.45) is 1.67. The number of benzene rings is 2. The van der Waals surface area contributed by atoms with Gasteiger partial charge in [0.15, 0.2) is 6.61 Å². The van der Waals surface area contributed by atoms with Crippen LogP contribution in [0.15, 0.2) is 54.7 Å². The molecule has 138 valence electrons. The summed E-state index contributed by atoms with van der Waals surface area (Å²) in [6.45, 7) is 5.73. The number of nitrogens with zero attached hydrogens (tertiary/aromatic N) is 1. The molecule has 27 heavy (non-hydrogen) atoms. The highest BCUT2D eigenvalue weighted by Crippen LogP contribution is 2.27. The Morgan fingerprint density at radius 1 is 1.07 bits per heavy atom. The highest BCUT2D eigenvalue weighted by Gasteiger charge is 2.16. The number of hydrogen-bond donors (Lipinski definition) is 1. The first kappa shape index (κ1) is 18.6. The number of amides is 1. The summed E-state index contributed by atoms with van der Waals surface area (Å²) in [7, 11) is 0. The van der Waals surface area contributed by atoms with Gasteiger partial charge in [0, 0.05) is 17.3 Å². The van der Waals surface area contributed by atoms with Crippen molar-refractivity contribution >= 4 is 28.5 Å². The summed E-state index contributed by atoms with van der Waals surface area (Å²) in [5.74, 6) is -0.638. The molecule has 3 rings (SSSR count). The molecule has 0 aliphatic rings. The quantitative estimate of drug-likeness (QED) is 0.680. The fourth-order valence-corrected chi connectivity index (χ4v) is 3.01. The van der Waals surface area contributed by atoms with Gasteiger partial charge in [-0.1, -0.05) is 44.2 Å². The van der Waals surface area contributed by atoms with Crippen molar-refractivity contribution in [2.45, 2.75) is 26.7 Å². The Labute approximate surface area is 158 Å². The van der Waals surface area contributed by atoms with Crippen LogP contribution in [0.1, 0.15) is 41.3 Å². The Hall–Kier alpha value is -3.21. The van der Waals surface area contributed by atoms with Gasteiger partial charge >= 0.3 is 5.97 Å². The number of pyridine rings is 1. The number of fused-ring (bicyclic) bond motifs is 1. The molecule has 0 bridgehead atoms. The second-order valence-corrected chi connectivity index (χ2v) is 6.69. The van der Waals surface area contributed by atoms with E-state index >= 15 is 0 Å². The van der Waals surface area contributed by atoms with Gasteiger partial charge in [0.2, 0.25) is 0 Å². The van der Waals surface area contributed by atoms with E-state index in [1.165, 1.54) is 0 Å². The molecule has 0 unspecified atom stereocenters. The number of esters is 1. The summed E-state index contributed by atoms with van der Waals surface area (Å²) >= 11 is 0. The average Bonchev–Trinajstić information content (AvgIpc) is 2.67. The van der Waals surface area contributed by atoms with E-state index in [9.17, 15) is 9.59 Å². The number of anilines is 1. The van der Waals surface area contributed by atoms with E-state index in [-0.39, 0.29) is 18.4 Å². The molecule has 1 aromatic heterocycles. The van der Waals surface area contributed by atoms with E-state index < -0.39 is 5.97 Å². The van der Waals surface area contributed by atoms with Crippen LogP contribution >= 0.6 is 0 Å². The number of carbonyl (C=O) groups excluding carboxylic acids is 2. The molecule has 0 aliphatic heterocycles. The summed E-state index contributed by atoms with van der Waals surface area (Å²) in [5.41, 5.74) is 3.91. The third-order valence-corrected chi connectivity index (χ3v) is 4.39. The number of nitrogens with one attached hydrogen (secondary N) is 1. The maximum atomic E-state index is 12.4. The summed E-state index contributed by atoms with van der Waals surface area (Å²) in [5, 5.41) is 3.58. The zero-order chi connectivity index (χ0) is 19.4. The van der Waals surface area contributed by atoms with Crippen LogP contribution in [0.4, 0.5) is 5.69 Å². The monoisotopic (exact) mass is 362 g/mol. The first-order valence-corrected chi connectivity index (χ1v) is 8.87. The van der Waals surface area contributed by atoms with Crippen molar-refractivity contribution in [3.63, 3.8) is 0 Å². The smallest absolute Gasteiger partial charge is 0.339 e. The van der Waals surface area contributed by atoms with E-state index in [1.54, 1.807) is 30.5 Å². The molecular weight excluding hydrogens is 340 g/mol. The molecule has 0 radical (unpaired) electrons. The summed E-state index contributed by atoms with van der Waals surface area (Å²) in [6, 6.07) is 14.7. The Kier molecular flexibility index (Phi) is 5.50. The molecule has 0 saturated heterocycles. The second-order valence-electron chi connectivity index (χ2n) is 6.69. The van der Waals surface area contributed by atoms with Crippen molar-refractivity contribution in [3.05, 3.63) is 71.4 Å². The minimum atomic E-state index is -0.544.